The Morgan fingerprint density at radius 1 is 1.50 bits per heavy atom. The van der Waals surface area contributed by atoms with E-state index in [1.54, 1.807) is 11.8 Å². The highest BCUT2D eigenvalue weighted by Crippen LogP contribution is 2.16. The number of hydrogen-bond donors (Lipinski definition) is 1. The zero-order valence-electron chi connectivity index (χ0n) is 9.01. The van der Waals surface area contributed by atoms with Gasteiger partial charge in [-0.15, -0.1) is 0 Å². The molecule has 2 rings (SSSR count). The van der Waals surface area contributed by atoms with Crippen molar-refractivity contribution in [3.8, 4) is 0 Å². The molecular formula is C10H13N3O3. The van der Waals surface area contributed by atoms with Crippen molar-refractivity contribution >= 4 is 11.9 Å². The fourth-order valence-electron chi connectivity index (χ4n) is 1.70. The van der Waals surface area contributed by atoms with Gasteiger partial charge in [0.2, 0.25) is 0 Å². The van der Waals surface area contributed by atoms with Crippen molar-refractivity contribution in [1.82, 2.24) is 14.7 Å². The van der Waals surface area contributed by atoms with E-state index in [2.05, 4.69) is 5.10 Å². The molecule has 0 atom stereocenters. The minimum Gasteiger partial charge on any atom is -0.477 e. The third kappa shape index (κ3) is 1.56. The maximum atomic E-state index is 11.9. The number of aryl methyl sites for hydroxylation is 1. The summed E-state index contributed by atoms with van der Waals surface area (Å²) in [6, 6.07) is 0. The van der Waals surface area contributed by atoms with Crippen molar-refractivity contribution in [3.63, 3.8) is 0 Å². The number of amides is 1. The summed E-state index contributed by atoms with van der Waals surface area (Å²) in [6.07, 6.45) is 2.32. The van der Waals surface area contributed by atoms with Gasteiger partial charge in [-0.2, -0.15) is 5.10 Å². The first-order valence-corrected chi connectivity index (χ1v) is 5.23. The Hall–Kier alpha value is -1.85. The number of carbonyl (C=O) groups excluding carboxylic acids is 1. The highest BCUT2D eigenvalue weighted by molar-refractivity contribution is 6.03. The highest BCUT2D eigenvalue weighted by Gasteiger charge is 2.28. The van der Waals surface area contributed by atoms with Crippen molar-refractivity contribution in [2.45, 2.75) is 19.9 Å². The van der Waals surface area contributed by atoms with Crippen molar-refractivity contribution in [3.05, 3.63) is 17.5 Å². The monoisotopic (exact) mass is 223 g/mol. The fraction of sp³-hybridized carbons (Fsp3) is 0.500. The highest BCUT2D eigenvalue weighted by atomic mass is 16.4. The van der Waals surface area contributed by atoms with E-state index < -0.39 is 5.97 Å². The van der Waals surface area contributed by atoms with Gasteiger partial charge in [0, 0.05) is 19.6 Å². The lowest BCUT2D eigenvalue weighted by Gasteiger charge is -2.30. The SMILES string of the molecule is CCn1ncc(C(=O)N2CCC2)c1C(=O)O. The summed E-state index contributed by atoms with van der Waals surface area (Å²) in [5.41, 5.74) is 0.174. The molecule has 86 valence electrons. The van der Waals surface area contributed by atoms with E-state index in [1.807, 2.05) is 0 Å². The minimum absolute atomic E-state index is 0.0144. The van der Waals surface area contributed by atoms with Gasteiger partial charge in [-0.05, 0) is 13.3 Å². The van der Waals surface area contributed by atoms with Crippen LogP contribution in [0, 0.1) is 0 Å². The number of rotatable bonds is 3. The molecular weight excluding hydrogens is 210 g/mol. The van der Waals surface area contributed by atoms with E-state index in [0.29, 0.717) is 19.6 Å². The van der Waals surface area contributed by atoms with Crippen LogP contribution in [0.1, 0.15) is 34.2 Å². The quantitative estimate of drug-likeness (QED) is 0.807. The molecule has 0 saturated carbocycles. The second-order valence-electron chi connectivity index (χ2n) is 3.67. The van der Waals surface area contributed by atoms with Gasteiger partial charge in [-0.3, -0.25) is 9.48 Å². The Balaban J connectivity index is 2.36. The summed E-state index contributed by atoms with van der Waals surface area (Å²) < 4.78 is 1.33. The minimum atomic E-state index is -1.11. The summed E-state index contributed by atoms with van der Waals surface area (Å²) in [4.78, 5) is 24.6. The van der Waals surface area contributed by atoms with E-state index in [-0.39, 0.29) is 17.2 Å². The molecule has 1 saturated heterocycles. The number of aromatic nitrogens is 2. The van der Waals surface area contributed by atoms with Gasteiger partial charge >= 0.3 is 5.97 Å². The smallest absolute Gasteiger partial charge is 0.355 e. The number of nitrogens with zero attached hydrogens (tertiary/aromatic N) is 3. The summed E-state index contributed by atoms with van der Waals surface area (Å²) in [6.45, 7) is 3.64. The van der Waals surface area contributed by atoms with Crippen LogP contribution in [-0.2, 0) is 6.54 Å². The number of hydrogen-bond acceptors (Lipinski definition) is 3. The Bertz CT molecular complexity index is 435. The molecule has 6 heteroatoms. The Labute approximate surface area is 92.5 Å². The lowest BCUT2D eigenvalue weighted by Crippen LogP contribution is -2.42. The van der Waals surface area contributed by atoms with Crippen LogP contribution < -0.4 is 0 Å². The van der Waals surface area contributed by atoms with Crippen molar-refractivity contribution in [2.24, 2.45) is 0 Å². The summed E-state index contributed by atoms with van der Waals surface area (Å²) in [5, 5.41) is 13.0. The number of aromatic carboxylic acids is 1. The zero-order valence-corrected chi connectivity index (χ0v) is 9.01. The molecule has 0 bridgehead atoms. The normalized spacial score (nSPS) is 14.7. The molecule has 0 radical (unpaired) electrons. The average molecular weight is 223 g/mol. The maximum Gasteiger partial charge on any atom is 0.355 e. The second kappa shape index (κ2) is 3.96. The molecule has 1 aromatic rings. The maximum absolute atomic E-state index is 11.9. The molecule has 1 N–H and O–H groups in total. The van der Waals surface area contributed by atoms with Crippen LogP contribution in [0.4, 0.5) is 0 Å². The first-order valence-electron chi connectivity index (χ1n) is 5.23. The molecule has 0 unspecified atom stereocenters. The van der Waals surface area contributed by atoms with Crippen LogP contribution in [0.25, 0.3) is 0 Å². The second-order valence-corrected chi connectivity index (χ2v) is 3.67. The van der Waals surface area contributed by atoms with E-state index in [0.717, 1.165) is 6.42 Å². The van der Waals surface area contributed by atoms with Crippen LogP contribution in [0.2, 0.25) is 0 Å². The molecule has 1 aliphatic heterocycles. The number of carboxylic acid groups (broad SMARTS) is 1. The summed E-state index contributed by atoms with van der Waals surface area (Å²) >= 11 is 0. The van der Waals surface area contributed by atoms with Gasteiger partial charge in [0.05, 0.1) is 11.8 Å². The molecule has 1 amide bonds. The van der Waals surface area contributed by atoms with E-state index >= 15 is 0 Å². The molecule has 16 heavy (non-hydrogen) atoms. The average Bonchev–Trinajstić information content (AvgIpc) is 2.57. The third-order valence-corrected chi connectivity index (χ3v) is 2.72. The lowest BCUT2D eigenvalue weighted by atomic mass is 10.1. The first kappa shape index (κ1) is 10.7. The largest absolute Gasteiger partial charge is 0.477 e. The predicted molar refractivity (Wildman–Crippen MR) is 55.4 cm³/mol. The molecule has 1 aromatic heterocycles. The van der Waals surface area contributed by atoms with Crippen molar-refractivity contribution in [2.75, 3.05) is 13.1 Å². The molecule has 1 fully saturated rings. The number of carboxylic acids is 1. The van der Waals surface area contributed by atoms with Gasteiger partial charge in [0.15, 0.2) is 5.69 Å². The zero-order chi connectivity index (χ0) is 11.7. The molecule has 2 heterocycles. The molecule has 0 spiro atoms. The molecule has 0 aromatic carbocycles. The lowest BCUT2D eigenvalue weighted by molar-refractivity contribution is 0.0621. The van der Waals surface area contributed by atoms with Gasteiger partial charge < -0.3 is 10.0 Å². The Kier molecular flexibility index (Phi) is 2.64. The van der Waals surface area contributed by atoms with Crippen LogP contribution in [0.3, 0.4) is 0 Å². The van der Waals surface area contributed by atoms with Crippen LogP contribution in [0.15, 0.2) is 6.20 Å². The predicted octanol–water partition coefficient (Wildman–Crippen LogP) is 0.447. The third-order valence-electron chi connectivity index (χ3n) is 2.72. The number of likely N-dealkylation sites (tertiary alicyclic amines) is 1. The van der Waals surface area contributed by atoms with Gasteiger partial charge in [-0.1, -0.05) is 0 Å². The summed E-state index contributed by atoms with van der Waals surface area (Å²) in [7, 11) is 0. The van der Waals surface area contributed by atoms with Gasteiger partial charge in [0.25, 0.3) is 5.91 Å². The van der Waals surface area contributed by atoms with E-state index in [9.17, 15) is 9.59 Å². The van der Waals surface area contributed by atoms with Crippen molar-refractivity contribution in [1.29, 1.82) is 0 Å². The standard InChI is InChI=1S/C10H13N3O3/c1-2-13-8(10(15)16)7(6-11-13)9(14)12-4-3-5-12/h6H,2-5H2,1H3,(H,15,16). The molecule has 1 aliphatic rings. The number of carbonyl (C=O) groups is 2. The molecule has 0 aliphatic carbocycles. The first-order chi connectivity index (χ1) is 7.65. The van der Waals surface area contributed by atoms with Crippen LogP contribution in [0.5, 0.6) is 0 Å². The molecule has 6 nitrogen and oxygen atoms in total. The van der Waals surface area contributed by atoms with Gasteiger partial charge in [-0.25, -0.2) is 4.79 Å². The Morgan fingerprint density at radius 2 is 2.19 bits per heavy atom. The topological polar surface area (TPSA) is 75.4 Å². The van der Waals surface area contributed by atoms with Crippen LogP contribution >= 0.6 is 0 Å². The fourth-order valence-corrected chi connectivity index (χ4v) is 1.70. The summed E-state index contributed by atoms with van der Waals surface area (Å²) in [5.74, 6) is -1.34. The van der Waals surface area contributed by atoms with Gasteiger partial charge in [0.1, 0.15) is 0 Å². The van der Waals surface area contributed by atoms with E-state index in [4.69, 9.17) is 5.11 Å². The van der Waals surface area contributed by atoms with Crippen molar-refractivity contribution < 1.29 is 14.7 Å². The Morgan fingerprint density at radius 3 is 2.62 bits per heavy atom. The van der Waals surface area contributed by atoms with E-state index in [1.165, 1.54) is 10.9 Å². The van der Waals surface area contributed by atoms with Crippen LogP contribution in [-0.4, -0.2) is 44.8 Å².